The van der Waals surface area contributed by atoms with E-state index < -0.39 is 0 Å². The van der Waals surface area contributed by atoms with Gasteiger partial charge in [-0.25, -0.2) is 14.1 Å². The van der Waals surface area contributed by atoms with Gasteiger partial charge in [-0.15, -0.1) is 5.10 Å². The van der Waals surface area contributed by atoms with Crippen LogP contribution in [0.15, 0.2) is 24.3 Å². The molecule has 2 atom stereocenters. The van der Waals surface area contributed by atoms with E-state index in [1.54, 1.807) is 18.2 Å². The maximum atomic E-state index is 14.2. The highest BCUT2D eigenvalue weighted by Crippen LogP contribution is 2.27. The van der Waals surface area contributed by atoms with E-state index in [4.69, 9.17) is 0 Å². The third-order valence-corrected chi connectivity index (χ3v) is 5.24. The lowest BCUT2D eigenvalue weighted by Crippen LogP contribution is -2.48. The molecule has 2 unspecified atom stereocenters. The van der Waals surface area contributed by atoms with Crippen molar-refractivity contribution in [1.82, 2.24) is 25.4 Å². The largest absolute Gasteiger partial charge is 0.346 e. The number of carbonyl (C=O) groups excluding carboxylic acids is 1. The number of fused-ring (bicyclic) bond motifs is 2. The first-order valence-electron chi connectivity index (χ1n) is 9.30. The van der Waals surface area contributed by atoms with Crippen LogP contribution in [0.2, 0.25) is 0 Å². The highest BCUT2D eigenvalue weighted by atomic mass is 19.1. The molecule has 2 bridgehead atoms. The van der Waals surface area contributed by atoms with Gasteiger partial charge >= 0.3 is 0 Å². The number of carbonyl (C=O) groups is 1. The number of amides is 1. The van der Waals surface area contributed by atoms with Gasteiger partial charge in [0, 0.05) is 24.0 Å². The van der Waals surface area contributed by atoms with Crippen LogP contribution in [-0.2, 0) is 0 Å². The van der Waals surface area contributed by atoms with Crippen molar-refractivity contribution in [3.8, 4) is 5.69 Å². The molecule has 0 saturated carbocycles. The molecule has 0 radical (unpaired) electrons. The second-order valence-electron chi connectivity index (χ2n) is 7.59. The molecule has 6 nitrogen and oxygen atoms in total. The van der Waals surface area contributed by atoms with Crippen LogP contribution < -0.4 is 10.6 Å². The summed E-state index contributed by atoms with van der Waals surface area (Å²) in [6.45, 7) is 3.90. The zero-order chi connectivity index (χ0) is 18.3. The highest BCUT2D eigenvalue weighted by Gasteiger charge is 2.34. The van der Waals surface area contributed by atoms with E-state index >= 15 is 0 Å². The average molecular weight is 357 g/mol. The van der Waals surface area contributed by atoms with Gasteiger partial charge in [0.2, 0.25) is 5.82 Å². The Morgan fingerprint density at radius 3 is 2.62 bits per heavy atom. The number of nitrogens with zero attached hydrogens (tertiary/aromatic N) is 3. The Bertz CT molecular complexity index is 806. The third-order valence-electron chi connectivity index (χ3n) is 5.24. The van der Waals surface area contributed by atoms with Crippen molar-refractivity contribution in [3.63, 3.8) is 0 Å². The van der Waals surface area contributed by atoms with Crippen LogP contribution in [0.3, 0.4) is 0 Å². The number of rotatable bonds is 4. The predicted octanol–water partition coefficient (Wildman–Crippen LogP) is 2.54. The molecule has 2 aliphatic heterocycles. The zero-order valence-corrected chi connectivity index (χ0v) is 15.1. The van der Waals surface area contributed by atoms with Gasteiger partial charge in [-0.2, -0.15) is 0 Å². The van der Waals surface area contributed by atoms with E-state index in [9.17, 15) is 9.18 Å². The Morgan fingerprint density at radius 2 is 1.96 bits per heavy atom. The summed E-state index contributed by atoms with van der Waals surface area (Å²) in [5.41, 5.74) is 0.308. The Balaban J connectivity index is 1.58. The van der Waals surface area contributed by atoms with Gasteiger partial charge in [-0.3, -0.25) is 4.79 Å². The van der Waals surface area contributed by atoms with E-state index in [2.05, 4.69) is 20.7 Å². The van der Waals surface area contributed by atoms with Crippen molar-refractivity contribution in [2.75, 3.05) is 0 Å². The topological polar surface area (TPSA) is 71.8 Å². The first kappa shape index (κ1) is 17.1. The molecule has 2 saturated heterocycles. The molecule has 7 heteroatoms. The summed E-state index contributed by atoms with van der Waals surface area (Å²) in [5.74, 6) is 0.0151. The molecule has 1 aromatic heterocycles. The van der Waals surface area contributed by atoms with Gasteiger partial charge in [0.1, 0.15) is 17.3 Å². The summed E-state index contributed by atoms with van der Waals surface area (Å²) < 4.78 is 15.6. The molecule has 1 amide bonds. The first-order chi connectivity index (χ1) is 12.5. The predicted molar refractivity (Wildman–Crippen MR) is 95.8 cm³/mol. The SMILES string of the molecule is CC(C)c1nc(C(=O)NC2CC3CCC(C2)N3)nn1-c1ccccc1F. The number of hydrogen-bond donors (Lipinski definition) is 2. The number of piperidine rings is 1. The van der Waals surface area contributed by atoms with Crippen LogP contribution >= 0.6 is 0 Å². The number of halogens is 1. The van der Waals surface area contributed by atoms with Crippen LogP contribution in [0.25, 0.3) is 5.69 Å². The Morgan fingerprint density at radius 1 is 1.27 bits per heavy atom. The lowest BCUT2D eigenvalue weighted by molar-refractivity contribution is 0.0913. The Hall–Kier alpha value is -2.28. The molecule has 0 spiro atoms. The van der Waals surface area contributed by atoms with Crippen molar-refractivity contribution in [1.29, 1.82) is 0 Å². The van der Waals surface area contributed by atoms with Crippen molar-refractivity contribution in [2.24, 2.45) is 0 Å². The average Bonchev–Trinajstić information content (AvgIpc) is 3.19. The maximum Gasteiger partial charge on any atom is 0.291 e. The van der Waals surface area contributed by atoms with Gasteiger partial charge in [0.05, 0.1) is 0 Å². The summed E-state index contributed by atoms with van der Waals surface area (Å²) in [6, 6.07) is 7.53. The molecule has 2 aromatic rings. The quantitative estimate of drug-likeness (QED) is 0.882. The van der Waals surface area contributed by atoms with E-state index in [1.807, 2.05) is 13.8 Å². The molecule has 138 valence electrons. The normalized spacial score (nSPS) is 24.8. The summed E-state index contributed by atoms with van der Waals surface area (Å²) in [5, 5.41) is 11.0. The van der Waals surface area contributed by atoms with Gasteiger partial charge < -0.3 is 10.6 Å². The standard InChI is InChI=1S/C19H24FN5O/c1-11(2)18-23-17(24-25(18)16-6-4-3-5-15(16)20)19(26)22-14-9-12-7-8-13(10-14)21-12/h3-6,11-14,21H,7-10H2,1-2H3,(H,22,26). The first-order valence-corrected chi connectivity index (χ1v) is 9.30. The molecule has 0 aliphatic carbocycles. The second kappa shape index (κ2) is 6.79. The Labute approximate surface area is 152 Å². The number of para-hydroxylation sites is 1. The van der Waals surface area contributed by atoms with Gasteiger partial charge in [-0.05, 0) is 37.8 Å². The molecule has 2 fully saturated rings. The van der Waals surface area contributed by atoms with Gasteiger partial charge in [0.25, 0.3) is 5.91 Å². The van der Waals surface area contributed by atoms with Crippen molar-refractivity contribution in [3.05, 3.63) is 41.7 Å². The van der Waals surface area contributed by atoms with Crippen LogP contribution in [-0.4, -0.2) is 38.8 Å². The zero-order valence-electron chi connectivity index (χ0n) is 15.1. The van der Waals surface area contributed by atoms with Crippen LogP contribution in [0.1, 0.15) is 61.9 Å². The fraction of sp³-hybridized carbons (Fsp3) is 0.526. The smallest absolute Gasteiger partial charge is 0.291 e. The van der Waals surface area contributed by atoms with E-state index in [0.717, 1.165) is 12.8 Å². The number of benzene rings is 1. The molecule has 1 aromatic carbocycles. The fourth-order valence-corrected chi connectivity index (χ4v) is 4.02. The minimum atomic E-state index is -0.388. The lowest BCUT2D eigenvalue weighted by Gasteiger charge is -2.29. The summed E-state index contributed by atoms with van der Waals surface area (Å²) in [7, 11) is 0. The molecular formula is C19H24FN5O. The lowest BCUT2D eigenvalue weighted by atomic mass is 10.00. The molecule has 4 rings (SSSR count). The van der Waals surface area contributed by atoms with Gasteiger partial charge in [0.15, 0.2) is 0 Å². The molecule has 3 heterocycles. The van der Waals surface area contributed by atoms with Crippen LogP contribution in [0.5, 0.6) is 0 Å². The van der Waals surface area contributed by atoms with Gasteiger partial charge in [-0.1, -0.05) is 26.0 Å². The number of aromatic nitrogens is 3. The number of nitrogens with one attached hydrogen (secondary N) is 2. The molecule has 2 aliphatic rings. The van der Waals surface area contributed by atoms with Crippen molar-refractivity contribution in [2.45, 2.75) is 63.6 Å². The molecular weight excluding hydrogens is 333 g/mol. The summed E-state index contributed by atoms with van der Waals surface area (Å²) >= 11 is 0. The van der Waals surface area contributed by atoms with E-state index in [0.29, 0.717) is 23.6 Å². The second-order valence-corrected chi connectivity index (χ2v) is 7.59. The van der Waals surface area contributed by atoms with Crippen molar-refractivity contribution < 1.29 is 9.18 Å². The monoisotopic (exact) mass is 357 g/mol. The van der Waals surface area contributed by atoms with E-state index in [1.165, 1.54) is 23.6 Å². The van der Waals surface area contributed by atoms with E-state index in [-0.39, 0.29) is 29.5 Å². The fourth-order valence-electron chi connectivity index (χ4n) is 4.02. The number of hydrogen-bond acceptors (Lipinski definition) is 4. The third kappa shape index (κ3) is 3.23. The Kier molecular flexibility index (Phi) is 4.48. The highest BCUT2D eigenvalue weighted by molar-refractivity contribution is 5.90. The maximum absolute atomic E-state index is 14.2. The molecule has 2 N–H and O–H groups in total. The minimum Gasteiger partial charge on any atom is -0.346 e. The summed E-state index contributed by atoms with van der Waals surface area (Å²) in [4.78, 5) is 17.1. The van der Waals surface area contributed by atoms with Crippen LogP contribution in [0.4, 0.5) is 4.39 Å². The molecule has 26 heavy (non-hydrogen) atoms. The minimum absolute atomic E-state index is 0.0124. The van der Waals surface area contributed by atoms with Crippen LogP contribution in [0, 0.1) is 5.82 Å². The summed E-state index contributed by atoms with van der Waals surface area (Å²) in [6.07, 6.45) is 4.23. The van der Waals surface area contributed by atoms with Crippen molar-refractivity contribution >= 4 is 5.91 Å².